The smallest absolute Gasteiger partial charge is 0.238 e. The molecule has 4 aliphatic rings. The molecular weight excluding hydrogens is 510 g/mol. The SMILES string of the molecule is COc1ccc([C@H]2C3=CC[C@@H]4C(=O)N(c5ccc(C(C)=O)cc5)C(=O)[C@@H]4[C@@H]3CC3=C2C(=O)C=C(C)C3=O)cc1O. The van der Waals surface area contributed by atoms with E-state index in [0.29, 0.717) is 40.0 Å². The molecule has 1 aliphatic heterocycles. The molecule has 0 bridgehead atoms. The first-order chi connectivity index (χ1) is 19.1. The van der Waals surface area contributed by atoms with Gasteiger partial charge in [0.1, 0.15) is 0 Å². The molecule has 1 fully saturated rings. The minimum atomic E-state index is -0.711. The van der Waals surface area contributed by atoms with E-state index in [1.807, 2.05) is 6.08 Å². The summed E-state index contributed by atoms with van der Waals surface area (Å²) in [4.78, 5) is 67.2. The number of hydrogen-bond acceptors (Lipinski definition) is 7. The van der Waals surface area contributed by atoms with Crippen LogP contribution in [0.25, 0.3) is 0 Å². The molecule has 0 spiro atoms. The maximum atomic E-state index is 14.0. The van der Waals surface area contributed by atoms with E-state index >= 15 is 0 Å². The average Bonchev–Trinajstić information content (AvgIpc) is 3.20. The molecule has 2 aromatic rings. The number of carbonyl (C=O) groups excluding carboxylic acids is 5. The molecule has 2 aromatic carbocycles. The second-order valence-electron chi connectivity index (χ2n) is 10.8. The average molecular weight is 538 g/mol. The van der Waals surface area contributed by atoms with Crippen LogP contribution in [0.3, 0.4) is 0 Å². The molecule has 1 heterocycles. The van der Waals surface area contributed by atoms with Crippen LogP contribution in [0.15, 0.2) is 76.9 Å². The highest BCUT2D eigenvalue weighted by Crippen LogP contribution is 2.55. The lowest BCUT2D eigenvalue weighted by molar-refractivity contribution is -0.123. The number of imide groups is 1. The van der Waals surface area contributed by atoms with Gasteiger partial charge in [0.25, 0.3) is 0 Å². The van der Waals surface area contributed by atoms with Crippen LogP contribution in [-0.4, -0.2) is 41.4 Å². The number of rotatable bonds is 4. The second-order valence-corrected chi connectivity index (χ2v) is 10.8. The molecule has 8 heteroatoms. The summed E-state index contributed by atoms with van der Waals surface area (Å²) in [7, 11) is 1.44. The zero-order valence-corrected chi connectivity index (χ0v) is 22.3. The number of amides is 2. The van der Waals surface area contributed by atoms with Gasteiger partial charge in [0.15, 0.2) is 28.8 Å². The van der Waals surface area contributed by atoms with Crippen LogP contribution >= 0.6 is 0 Å². The zero-order valence-electron chi connectivity index (χ0n) is 22.3. The fourth-order valence-corrected chi connectivity index (χ4v) is 6.75. The van der Waals surface area contributed by atoms with E-state index in [1.165, 1.54) is 31.1 Å². The normalized spacial score (nSPS) is 25.7. The van der Waals surface area contributed by atoms with E-state index < -0.39 is 23.7 Å². The lowest BCUT2D eigenvalue weighted by Crippen LogP contribution is -2.39. The van der Waals surface area contributed by atoms with E-state index in [0.717, 1.165) is 5.57 Å². The Balaban J connectivity index is 1.45. The van der Waals surface area contributed by atoms with Gasteiger partial charge >= 0.3 is 0 Å². The minimum absolute atomic E-state index is 0.104. The van der Waals surface area contributed by atoms with Crippen molar-refractivity contribution in [3.05, 3.63) is 88.0 Å². The first-order valence-electron chi connectivity index (χ1n) is 13.2. The summed E-state index contributed by atoms with van der Waals surface area (Å²) in [5.41, 5.74) is 3.32. The summed E-state index contributed by atoms with van der Waals surface area (Å²) in [6.45, 7) is 3.05. The molecule has 3 aliphatic carbocycles. The van der Waals surface area contributed by atoms with Crippen molar-refractivity contribution in [3.63, 3.8) is 0 Å². The number of ether oxygens (including phenoxy) is 1. The minimum Gasteiger partial charge on any atom is -0.504 e. The Morgan fingerprint density at radius 1 is 1.00 bits per heavy atom. The summed E-state index contributed by atoms with van der Waals surface area (Å²) in [6, 6.07) is 11.3. The first kappa shape index (κ1) is 25.7. The molecule has 202 valence electrons. The number of phenols is 1. The third-order valence-electron chi connectivity index (χ3n) is 8.63. The van der Waals surface area contributed by atoms with Crippen molar-refractivity contribution in [3.8, 4) is 11.5 Å². The number of fused-ring (bicyclic) bond motifs is 3. The predicted molar refractivity (Wildman–Crippen MR) is 145 cm³/mol. The van der Waals surface area contributed by atoms with Gasteiger partial charge < -0.3 is 9.84 Å². The predicted octanol–water partition coefficient (Wildman–Crippen LogP) is 4.24. The van der Waals surface area contributed by atoms with Gasteiger partial charge in [-0.1, -0.05) is 17.7 Å². The van der Waals surface area contributed by atoms with Crippen molar-refractivity contribution < 1.29 is 33.8 Å². The van der Waals surface area contributed by atoms with Crippen molar-refractivity contribution in [2.24, 2.45) is 17.8 Å². The van der Waals surface area contributed by atoms with Gasteiger partial charge in [-0.2, -0.15) is 0 Å². The molecule has 2 amide bonds. The number of benzene rings is 2. The fraction of sp³-hybridized carbons (Fsp3) is 0.281. The summed E-state index contributed by atoms with van der Waals surface area (Å²) in [6.07, 6.45) is 3.76. The maximum absolute atomic E-state index is 14.0. The van der Waals surface area contributed by atoms with E-state index in [-0.39, 0.29) is 47.1 Å². The lowest BCUT2D eigenvalue weighted by Gasteiger charge is -2.42. The lowest BCUT2D eigenvalue weighted by atomic mass is 9.59. The summed E-state index contributed by atoms with van der Waals surface area (Å²) >= 11 is 0. The van der Waals surface area contributed by atoms with Crippen LogP contribution in [0, 0.1) is 17.8 Å². The molecule has 0 aromatic heterocycles. The fourth-order valence-electron chi connectivity index (χ4n) is 6.75. The summed E-state index contributed by atoms with van der Waals surface area (Å²) < 4.78 is 5.20. The topological polar surface area (TPSA) is 118 Å². The number of methoxy groups -OCH3 is 1. The van der Waals surface area contributed by atoms with Gasteiger partial charge in [-0.25, -0.2) is 0 Å². The van der Waals surface area contributed by atoms with Crippen molar-refractivity contribution >= 4 is 34.9 Å². The highest BCUT2D eigenvalue weighted by atomic mass is 16.5. The van der Waals surface area contributed by atoms with E-state index in [4.69, 9.17) is 4.74 Å². The van der Waals surface area contributed by atoms with Crippen molar-refractivity contribution in [2.75, 3.05) is 12.0 Å². The van der Waals surface area contributed by atoms with E-state index in [9.17, 15) is 29.1 Å². The van der Waals surface area contributed by atoms with Gasteiger partial charge in [0.05, 0.1) is 24.6 Å². The molecule has 40 heavy (non-hydrogen) atoms. The highest BCUT2D eigenvalue weighted by Gasteiger charge is 2.56. The number of aromatic hydroxyl groups is 1. The van der Waals surface area contributed by atoms with Gasteiger partial charge in [-0.3, -0.25) is 28.9 Å². The monoisotopic (exact) mass is 537 g/mol. The van der Waals surface area contributed by atoms with Crippen molar-refractivity contribution in [1.29, 1.82) is 0 Å². The van der Waals surface area contributed by atoms with Gasteiger partial charge in [-0.15, -0.1) is 0 Å². The van der Waals surface area contributed by atoms with E-state index in [1.54, 1.807) is 43.3 Å². The second kappa shape index (κ2) is 9.26. The van der Waals surface area contributed by atoms with Crippen LogP contribution in [0.2, 0.25) is 0 Å². The molecule has 6 rings (SSSR count). The number of hydrogen-bond donors (Lipinski definition) is 1. The Labute approximate surface area is 230 Å². The first-order valence-corrected chi connectivity index (χ1v) is 13.2. The molecule has 1 saturated heterocycles. The number of phenolic OH excluding ortho intramolecular Hbond substituents is 1. The number of ketones is 3. The molecule has 0 saturated carbocycles. The van der Waals surface area contributed by atoms with Crippen LogP contribution in [0.4, 0.5) is 5.69 Å². The largest absolute Gasteiger partial charge is 0.504 e. The Morgan fingerprint density at radius 2 is 1.73 bits per heavy atom. The number of Topliss-reactive ketones (excluding diaryl/α,β-unsaturated/α-hetero) is 2. The Morgan fingerprint density at radius 3 is 2.38 bits per heavy atom. The van der Waals surface area contributed by atoms with Gasteiger partial charge in [-0.05, 0) is 80.6 Å². The maximum Gasteiger partial charge on any atom is 0.238 e. The van der Waals surface area contributed by atoms with Gasteiger partial charge in [0, 0.05) is 28.2 Å². The molecular formula is C32H27NO7. The van der Waals surface area contributed by atoms with Crippen molar-refractivity contribution in [1.82, 2.24) is 0 Å². The van der Waals surface area contributed by atoms with Crippen LogP contribution in [-0.2, 0) is 19.2 Å². The number of allylic oxidation sites excluding steroid dienone is 6. The Kier molecular flexibility index (Phi) is 5.94. The summed E-state index contributed by atoms with van der Waals surface area (Å²) in [5, 5.41) is 10.6. The third-order valence-corrected chi connectivity index (χ3v) is 8.63. The molecule has 1 N–H and O–H groups in total. The van der Waals surface area contributed by atoms with Crippen LogP contribution in [0.1, 0.15) is 48.5 Å². The van der Waals surface area contributed by atoms with Gasteiger partial charge in [0.2, 0.25) is 11.8 Å². The molecule has 4 atom stereocenters. The van der Waals surface area contributed by atoms with Crippen molar-refractivity contribution in [2.45, 2.75) is 32.6 Å². The molecule has 0 radical (unpaired) electrons. The number of nitrogens with zero attached hydrogens (tertiary/aromatic N) is 1. The molecule has 0 unspecified atom stereocenters. The number of carbonyl (C=O) groups is 5. The number of anilines is 1. The van der Waals surface area contributed by atoms with Crippen LogP contribution in [0.5, 0.6) is 11.5 Å². The Hall–Kier alpha value is -4.59. The molecule has 8 nitrogen and oxygen atoms in total. The standard InChI is InChI=1S/C32H27NO7/c1-15-12-25(36)29-23(30(15)37)14-22-20(27(29)18-6-11-26(40-3)24(35)13-18)9-10-21-28(22)32(39)33(31(21)38)19-7-4-17(5-8-19)16(2)34/h4-9,11-13,21-22,27-28,35H,10,14H2,1-3H3/t21-,22+,27-,28-/m0/s1. The third kappa shape index (κ3) is 3.70. The Bertz CT molecular complexity index is 1620. The quantitative estimate of drug-likeness (QED) is 0.268. The summed E-state index contributed by atoms with van der Waals surface area (Å²) in [5.74, 6) is -3.59. The van der Waals surface area contributed by atoms with E-state index in [2.05, 4.69) is 0 Å². The zero-order chi connectivity index (χ0) is 28.5. The highest BCUT2D eigenvalue weighted by molar-refractivity contribution is 6.25. The van der Waals surface area contributed by atoms with Crippen LogP contribution < -0.4 is 9.64 Å².